The Balaban J connectivity index is 2.97. The molecule has 0 radical (unpaired) electrons. The molecule has 1 aromatic carbocycles. The van der Waals surface area contributed by atoms with Gasteiger partial charge in [-0.25, -0.2) is 8.78 Å². The Hall–Kier alpha value is -0.440. The average molecular weight is 263 g/mol. The number of alkyl halides is 1. The molecule has 0 heterocycles. The lowest BCUT2D eigenvalue weighted by Crippen LogP contribution is -2.18. The number of benzene rings is 1. The van der Waals surface area contributed by atoms with E-state index >= 15 is 0 Å². The second-order valence-corrected chi connectivity index (χ2v) is 4.74. The molecule has 0 aliphatic carbocycles. The van der Waals surface area contributed by atoms with E-state index in [1.807, 2.05) is 13.8 Å². The molecular weight excluding hydrogens is 250 g/mol. The number of hydrogen-bond acceptors (Lipinski definition) is 0. The first kappa shape index (κ1) is 11.6. The van der Waals surface area contributed by atoms with Crippen LogP contribution < -0.4 is 0 Å². The van der Waals surface area contributed by atoms with Gasteiger partial charge in [-0.15, -0.1) is 0 Å². The van der Waals surface area contributed by atoms with Crippen LogP contribution in [0.3, 0.4) is 0 Å². The summed E-state index contributed by atoms with van der Waals surface area (Å²) in [4.78, 5) is 0. The molecule has 0 aliphatic heterocycles. The molecule has 0 aliphatic rings. The minimum atomic E-state index is -0.459. The number of halogens is 3. The van der Waals surface area contributed by atoms with E-state index < -0.39 is 11.6 Å². The van der Waals surface area contributed by atoms with E-state index in [-0.39, 0.29) is 11.0 Å². The monoisotopic (exact) mass is 262 g/mol. The predicted molar refractivity (Wildman–Crippen MR) is 57.6 cm³/mol. The highest BCUT2D eigenvalue weighted by Crippen LogP contribution is 2.26. The fraction of sp³-hybridized carbons (Fsp3) is 0.455. The van der Waals surface area contributed by atoms with Crippen LogP contribution in [0.5, 0.6) is 0 Å². The molecule has 0 amide bonds. The molecule has 78 valence electrons. The van der Waals surface area contributed by atoms with Crippen LogP contribution in [0.15, 0.2) is 18.2 Å². The van der Waals surface area contributed by atoms with Gasteiger partial charge in [-0.3, -0.25) is 0 Å². The maximum Gasteiger partial charge on any atom is 0.129 e. The third-order valence-corrected chi connectivity index (χ3v) is 3.60. The van der Waals surface area contributed by atoms with Crippen LogP contribution in [0, 0.1) is 17.0 Å². The average Bonchev–Trinajstić information content (AvgIpc) is 2.12. The molecule has 3 heteroatoms. The summed E-state index contributed by atoms with van der Waals surface area (Å²) in [6.45, 7) is 3.93. The highest BCUT2D eigenvalue weighted by Gasteiger charge is 2.21. The molecule has 0 spiro atoms. The molecule has 0 bridgehead atoms. The summed E-state index contributed by atoms with van der Waals surface area (Å²) in [6.07, 6.45) is 0.400. The normalized spacial score (nSPS) is 11.8. The van der Waals surface area contributed by atoms with Crippen molar-refractivity contribution in [1.29, 1.82) is 0 Å². The topological polar surface area (TPSA) is 0 Å². The molecule has 0 fully saturated rings. The molecule has 0 unspecified atom stereocenters. The quantitative estimate of drug-likeness (QED) is 0.725. The van der Waals surface area contributed by atoms with E-state index in [1.165, 1.54) is 18.2 Å². The second-order valence-electron chi connectivity index (χ2n) is 4.17. The van der Waals surface area contributed by atoms with Crippen LogP contribution >= 0.6 is 15.9 Å². The fourth-order valence-corrected chi connectivity index (χ4v) is 1.43. The van der Waals surface area contributed by atoms with Crippen LogP contribution in [0.25, 0.3) is 0 Å². The lowest BCUT2D eigenvalue weighted by molar-refractivity contribution is 0.402. The summed E-state index contributed by atoms with van der Waals surface area (Å²) >= 11 is 3.33. The lowest BCUT2D eigenvalue weighted by Gasteiger charge is -2.21. The van der Waals surface area contributed by atoms with Gasteiger partial charge in [0.15, 0.2) is 0 Å². The Labute approximate surface area is 91.5 Å². The molecule has 0 saturated carbocycles. The van der Waals surface area contributed by atoms with Crippen LogP contribution in [-0.2, 0) is 6.42 Å². The minimum absolute atomic E-state index is 0.136. The smallest absolute Gasteiger partial charge is 0.129 e. The zero-order valence-electron chi connectivity index (χ0n) is 8.28. The van der Waals surface area contributed by atoms with Gasteiger partial charge in [-0.05, 0) is 24.0 Å². The zero-order chi connectivity index (χ0) is 10.8. The van der Waals surface area contributed by atoms with E-state index in [0.717, 1.165) is 0 Å². The summed E-state index contributed by atoms with van der Waals surface area (Å²) in [5, 5.41) is 0.716. The molecular formula is C11H13BrF2. The van der Waals surface area contributed by atoms with Crippen molar-refractivity contribution in [1.82, 2.24) is 0 Å². The minimum Gasteiger partial charge on any atom is -0.207 e. The first-order valence-electron chi connectivity index (χ1n) is 4.45. The summed E-state index contributed by atoms with van der Waals surface area (Å²) < 4.78 is 26.5. The molecule has 1 aromatic rings. The molecule has 0 saturated heterocycles. The molecule has 14 heavy (non-hydrogen) atoms. The van der Waals surface area contributed by atoms with E-state index in [1.54, 1.807) is 0 Å². The lowest BCUT2D eigenvalue weighted by atomic mass is 9.87. The Bertz CT molecular complexity index is 301. The van der Waals surface area contributed by atoms with Crippen molar-refractivity contribution >= 4 is 15.9 Å². The van der Waals surface area contributed by atoms with Gasteiger partial charge in [0.2, 0.25) is 0 Å². The first-order valence-corrected chi connectivity index (χ1v) is 5.57. The van der Waals surface area contributed by atoms with E-state index in [2.05, 4.69) is 15.9 Å². The van der Waals surface area contributed by atoms with Crippen molar-refractivity contribution in [2.45, 2.75) is 20.3 Å². The first-order chi connectivity index (χ1) is 6.46. The fourth-order valence-electron chi connectivity index (χ4n) is 1.23. The van der Waals surface area contributed by atoms with Gasteiger partial charge in [-0.1, -0.05) is 35.8 Å². The molecule has 0 N–H and O–H groups in total. The highest BCUT2D eigenvalue weighted by atomic mass is 79.9. The summed E-state index contributed by atoms with van der Waals surface area (Å²) in [5.74, 6) is -0.918. The van der Waals surface area contributed by atoms with Crippen molar-refractivity contribution in [3.63, 3.8) is 0 Å². The molecule has 1 rings (SSSR count). The van der Waals surface area contributed by atoms with Gasteiger partial charge in [0.25, 0.3) is 0 Å². The standard InChI is InChI=1S/C11H13BrF2/c1-11(2,7-12)6-8-9(13)4-3-5-10(8)14/h3-5H,6-7H2,1-2H3. The van der Waals surface area contributed by atoms with Crippen LogP contribution in [0.4, 0.5) is 8.78 Å². The summed E-state index contributed by atoms with van der Waals surface area (Å²) in [6, 6.07) is 3.97. The Morgan fingerprint density at radius 1 is 1.21 bits per heavy atom. The highest BCUT2D eigenvalue weighted by molar-refractivity contribution is 9.09. The summed E-state index contributed by atoms with van der Waals surface area (Å²) in [7, 11) is 0. The van der Waals surface area contributed by atoms with Gasteiger partial charge in [-0.2, -0.15) is 0 Å². The van der Waals surface area contributed by atoms with Crippen LogP contribution in [0.1, 0.15) is 19.4 Å². The molecule has 0 atom stereocenters. The maximum atomic E-state index is 13.3. The van der Waals surface area contributed by atoms with Crippen molar-refractivity contribution in [3.8, 4) is 0 Å². The van der Waals surface area contributed by atoms with Crippen LogP contribution in [0.2, 0.25) is 0 Å². The Morgan fingerprint density at radius 2 is 1.71 bits per heavy atom. The van der Waals surface area contributed by atoms with E-state index in [0.29, 0.717) is 11.8 Å². The number of hydrogen-bond donors (Lipinski definition) is 0. The van der Waals surface area contributed by atoms with Crippen molar-refractivity contribution in [2.75, 3.05) is 5.33 Å². The third kappa shape index (κ3) is 2.77. The molecule has 0 aromatic heterocycles. The van der Waals surface area contributed by atoms with Gasteiger partial charge >= 0.3 is 0 Å². The van der Waals surface area contributed by atoms with Crippen molar-refractivity contribution < 1.29 is 8.78 Å². The summed E-state index contributed by atoms with van der Waals surface area (Å²) in [5.41, 5.74) is 0.0419. The number of rotatable bonds is 3. The second kappa shape index (κ2) is 4.39. The van der Waals surface area contributed by atoms with Gasteiger partial charge in [0.05, 0.1) is 0 Å². The van der Waals surface area contributed by atoms with E-state index in [4.69, 9.17) is 0 Å². The van der Waals surface area contributed by atoms with Crippen molar-refractivity contribution in [2.24, 2.45) is 5.41 Å². The maximum absolute atomic E-state index is 13.3. The van der Waals surface area contributed by atoms with Gasteiger partial charge in [0.1, 0.15) is 11.6 Å². The van der Waals surface area contributed by atoms with Gasteiger partial charge in [0, 0.05) is 10.9 Å². The largest absolute Gasteiger partial charge is 0.207 e. The van der Waals surface area contributed by atoms with Crippen molar-refractivity contribution in [3.05, 3.63) is 35.4 Å². The van der Waals surface area contributed by atoms with E-state index in [9.17, 15) is 8.78 Å². The Kier molecular flexibility index (Phi) is 3.65. The molecule has 0 nitrogen and oxygen atoms in total. The predicted octanol–water partition coefficient (Wildman–Crippen LogP) is 3.93. The van der Waals surface area contributed by atoms with Gasteiger partial charge < -0.3 is 0 Å². The SMILES string of the molecule is CC(C)(CBr)Cc1c(F)cccc1F. The third-order valence-electron chi connectivity index (χ3n) is 2.08. The van der Waals surface area contributed by atoms with Crippen LogP contribution in [-0.4, -0.2) is 5.33 Å². The zero-order valence-corrected chi connectivity index (χ0v) is 9.87. The Morgan fingerprint density at radius 3 is 2.14 bits per heavy atom.